The van der Waals surface area contributed by atoms with Gasteiger partial charge in [0.25, 0.3) is 5.69 Å². The Morgan fingerprint density at radius 3 is 2.52 bits per heavy atom. The van der Waals surface area contributed by atoms with E-state index in [-0.39, 0.29) is 28.3 Å². The van der Waals surface area contributed by atoms with Crippen LogP contribution in [0.2, 0.25) is 0 Å². The van der Waals surface area contributed by atoms with E-state index in [0.29, 0.717) is 0 Å². The van der Waals surface area contributed by atoms with Crippen LogP contribution in [0.15, 0.2) is 48.6 Å². The molecule has 27 heavy (non-hydrogen) atoms. The Morgan fingerprint density at radius 1 is 1.22 bits per heavy atom. The average Bonchev–Trinajstić information content (AvgIpc) is 2.97. The topological polar surface area (TPSA) is 139 Å². The zero-order chi connectivity index (χ0) is 19.8. The number of anilines is 1. The number of nitro groups is 1. The number of carbonyl (C=O) groups excluding carboxylic acids is 2. The maximum absolute atomic E-state index is 11.8. The van der Waals surface area contributed by atoms with Crippen LogP contribution in [0.3, 0.4) is 0 Å². The summed E-state index contributed by atoms with van der Waals surface area (Å²) in [6.45, 7) is 1.22. The van der Waals surface area contributed by atoms with Crippen molar-refractivity contribution in [2.45, 2.75) is 12.5 Å². The molecule has 0 radical (unpaired) electrons. The maximum atomic E-state index is 11.8. The lowest BCUT2D eigenvalue weighted by Crippen LogP contribution is -2.27. The third-order valence-corrected chi connectivity index (χ3v) is 4.03. The van der Waals surface area contributed by atoms with Crippen LogP contribution in [0.4, 0.5) is 11.4 Å². The molecule has 0 saturated heterocycles. The van der Waals surface area contributed by atoms with Crippen molar-refractivity contribution < 1.29 is 29.5 Å². The predicted molar refractivity (Wildman–Crippen MR) is 93.2 cm³/mol. The summed E-state index contributed by atoms with van der Waals surface area (Å²) in [5.74, 6) is -1.74. The molecule has 1 aliphatic rings. The second kappa shape index (κ2) is 6.45. The van der Waals surface area contributed by atoms with Gasteiger partial charge < -0.3 is 20.3 Å². The van der Waals surface area contributed by atoms with Gasteiger partial charge in [0.2, 0.25) is 5.91 Å². The van der Waals surface area contributed by atoms with Gasteiger partial charge in [-0.3, -0.25) is 14.9 Å². The van der Waals surface area contributed by atoms with Gasteiger partial charge in [-0.1, -0.05) is 6.07 Å². The number of amides is 1. The molecule has 1 atom stereocenters. The van der Waals surface area contributed by atoms with Crippen molar-refractivity contribution in [2.75, 3.05) is 5.32 Å². The van der Waals surface area contributed by atoms with Crippen LogP contribution in [0.5, 0.6) is 11.5 Å². The van der Waals surface area contributed by atoms with E-state index in [1.54, 1.807) is 0 Å². The molecule has 1 heterocycles. The molecule has 2 aromatic rings. The maximum Gasteiger partial charge on any atom is 0.332 e. The van der Waals surface area contributed by atoms with E-state index in [1.165, 1.54) is 37.3 Å². The van der Waals surface area contributed by atoms with E-state index in [4.69, 9.17) is 4.74 Å². The van der Waals surface area contributed by atoms with Crippen LogP contribution in [-0.2, 0) is 19.9 Å². The summed E-state index contributed by atoms with van der Waals surface area (Å²) in [5, 5.41) is 33.5. The molecular weight excluding hydrogens is 356 g/mol. The number of rotatable bonds is 4. The number of esters is 1. The number of aromatic hydroxyl groups is 2. The Kier molecular flexibility index (Phi) is 4.28. The van der Waals surface area contributed by atoms with Crippen LogP contribution in [0.25, 0.3) is 0 Å². The molecule has 1 aliphatic heterocycles. The number of carbonyl (C=O) groups is 2. The van der Waals surface area contributed by atoms with Gasteiger partial charge in [0.1, 0.15) is 17.2 Å². The van der Waals surface area contributed by atoms with Gasteiger partial charge in [0, 0.05) is 36.3 Å². The lowest BCUT2D eigenvalue weighted by Gasteiger charge is -2.28. The van der Waals surface area contributed by atoms with Crippen molar-refractivity contribution in [3.8, 4) is 11.5 Å². The Morgan fingerprint density at radius 2 is 1.96 bits per heavy atom. The highest BCUT2D eigenvalue weighted by Crippen LogP contribution is 2.45. The number of ether oxygens (including phenoxy) is 1. The molecule has 138 valence electrons. The van der Waals surface area contributed by atoms with Gasteiger partial charge in [-0.25, -0.2) is 4.79 Å². The van der Waals surface area contributed by atoms with E-state index in [9.17, 15) is 29.9 Å². The van der Waals surface area contributed by atoms with E-state index >= 15 is 0 Å². The summed E-state index contributed by atoms with van der Waals surface area (Å²) in [7, 11) is 0. The molecule has 0 aliphatic carbocycles. The second-order valence-corrected chi connectivity index (χ2v) is 5.86. The normalized spacial score (nSPS) is 18.2. The molecular formula is C18H14N2O7. The third kappa shape index (κ3) is 3.17. The quantitative estimate of drug-likeness (QED) is 0.426. The number of cyclic esters (lactones) is 1. The first kappa shape index (κ1) is 17.9. The van der Waals surface area contributed by atoms with Gasteiger partial charge in [0.05, 0.1) is 4.92 Å². The van der Waals surface area contributed by atoms with Crippen LogP contribution in [-0.4, -0.2) is 27.0 Å². The first-order valence-corrected chi connectivity index (χ1v) is 7.74. The lowest BCUT2D eigenvalue weighted by atomic mass is 9.85. The molecule has 9 nitrogen and oxygen atoms in total. The summed E-state index contributed by atoms with van der Waals surface area (Å²) < 4.78 is 5.40. The number of nitrogens with one attached hydrogen (secondary N) is 1. The Labute approximate surface area is 152 Å². The fourth-order valence-corrected chi connectivity index (χ4v) is 2.91. The number of hydrogen-bond acceptors (Lipinski definition) is 7. The zero-order valence-corrected chi connectivity index (χ0v) is 14.0. The monoisotopic (exact) mass is 370 g/mol. The van der Waals surface area contributed by atoms with Crippen LogP contribution < -0.4 is 5.32 Å². The van der Waals surface area contributed by atoms with Gasteiger partial charge in [-0.15, -0.1) is 0 Å². The average molecular weight is 370 g/mol. The minimum Gasteiger partial charge on any atom is -0.508 e. The van der Waals surface area contributed by atoms with Crippen molar-refractivity contribution in [2.24, 2.45) is 0 Å². The van der Waals surface area contributed by atoms with Crippen molar-refractivity contribution in [3.05, 3.63) is 69.8 Å². The van der Waals surface area contributed by atoms with E-state index in [0.717, 1.165) is 18.2 Å². The fraction of sp³-hybridized carbons (Fsp3) is 0.111. The molecule has 0 saturated carbocycles. The molecule has 0 aromatic heterocycles. The molecule has 2 aromatic carbocycles. The highest BCUT2D eigenvalue weighted by molar-refractivity contribution is 5.91. The summed E-state index contributed by atoms with van der Waals surface area (Å²) in [6.07, 6.45) is 2.50. The molecule has 1 unspecified atom stereocenters. The first-order chi connectivity index (χ1) is 12.7. The largest absolute Gasteiger partial charge is 0.508 e. The SMILES string of the molecule is CC(=O)Nc1ccc(C2(c3ccc(O)cc3O)C=CC(=O)O2)cc1[N+](=O)[O-]. The molecule has 3 N–H and O–H groups in total. The minimum atomic E-state index is -1.62. The number of nitro benzene ring substituents is 1. The zero-order valence-electron chi connectivity index (χ0n) is 14.0. The Balaban J connectivity index is 2.21. The molecule has 0 spiro atoms. The van der Waals surface area contributed by atoms with Crippen molar-refractivity contribution in [3.63, 3.8) is 0 Å². The smallest absolute Gasteiger partial charge is 0.332 e. The number of hydrogen-bond donors (Lipinski definition) is 3. The Bertz CT molecular complexity index is 999. The predicted octanol–water partition coefficient (Wildman–Crippen LogP) is 2.32. The van der Waals surface area contributed by atoms with Gasteiger partial charge in [-0.05, 0) is 24.3 Å². The second-order valence-electron chi connectivity index (χ2n) is 5.86. The van der Waals surface area contributed by atoms with E-state index in [1.807, 2.05) is 0 Å². The van der Waals surface area contributed by atoms with Crippen molar-refractivity contribution in [1.82, 2.24) is 0 Å². The minimum absolute atomic E-state index is 0.0189. The molecule has 1 amide bonds. The van der Waals surface area contributed by atoms with Gasteiger partial charge in [0.15, 0.2) is 5.60 Å². The van der Waals surface area contributed by atoms with Crippen LogP contribution >= 0.6 is 0 Å². The highest BCUT2D eigenvalue weighted by atomic mass is 16.6. The van der Waals surface area contributed by atoms with Crippen LogP contribution in [0, 0.1) is 10.1 Å². The standard InChI is InChI=1S/C18H14N2O7/c1-10(21)19-14-5-2-11(8-15(14)20(25)26)18(7-6-17(24)27-18)13-4-3-12(22)9-16(13)23/h2-9,22-23H,1H3,(H,19,21). The molecule has 3 rings (SSSR count). The lowest BCUT2D eigenvalue weighted by molar-refractivity contribution is -0.384. The summed E-state index contributed by atoms with van der Waals surface area (Å²) in [6, 6.07) is 7.61. The number of nitrogens with zero attached hydrogens (tertiary/aromatic N) is 1. The number of benzene rings is 2. The highest BCUT2D eigenvalue weighted by Gasteiger charge is 2.42. The molecule has 9 heteroatoms. The molecule has 0 bridgehead atoms. The summed E-state index contributed by atoms with van der Waals surface area (Å²) in [5.41, 5.74) is -1.74. The van der Waals surface area contributed by atoms with Gasteiger partial charge >= 0.3 is 5.97 Å². The third-order valence-electron chi connectivity index (χ3n) is 4.03. The number of phenolic OH excluding ortho intramolecular Hbond substituents is 2. The Hall–Kier alpha value is -3.88. The van der Waals surface area contributed by atoms with Crippen molar-refractivity contribution in [1.29, 1.82) is 0 Å². The van der Waals surface area contributed by atoms with E-state index < -0.39 is 28.1 Å². The van der Waals surface area contributed by atoms with E-state index in [2.05, 4.69) is 5.32 Å². The summed E-state index contributed by atoms with van der Waals surface area (Å²) >= 11 is 0. The fourth-order valence-electron chi connectivity index (χ4n) is 2.91. The summed E-state index contributed by atoms with van der Waals surface area (Å²) in [4.78, 5) is 33.8. The van der Waals surface area contributed by atoms with Crippen molar-refractivity contribution >= 4 is 23.3 Å². The van der Waals surface area contributed by atoms with Gasteiger partial charge in [-0.2, -0.15) is 0 Å². The number of phenols is 2. The molecule has 0 fully saturated rings. The first-order valence-electron chi connectivity index (χ1n) is 7.74. The van der Waals surface area contributed by atoms with Crippen LogP contribution in [0.1, 0.15) is 18.1 Å².